The average molecular weight is 201 g/mol. The van der Waals surface area contributed by atoms with E-state index < -0.39 is 5.97 Å². The monoisotopic (exact) mass is 201 g/mol. The number of aliphatic hydroxyl groups excluding tert-OH is 1. The van der Waals surface area contributed by atoms with Gasteiger partial charge in [-0.05, 0) is 19.4 Å². The Balaban J connectivity index is 3.02. The first-order valence-electron chi connectivity index (χ1n) is 4.98. The first-order chi connectivity index (χ1) is 6.77. The van der Waals surface area contributed by atoms with E-state index in [-0.39, 0.29) is 6.61 Å². The van der Waals surface area contributed by atoms with Gasteiger partial charge in [-0.1, -0.05) is 18.9 Å². The molecule has 0 atom stereocenters. The Bertz CT molecular complexity index is 169. The van der Waals surface area contributed by atoms with Crippen LogP contribution in [0.5, 0.6) is 0 Å². The van der Waals surface area contributed by atoms with Crippen molar-refractivity contribution in [3.63, 3.8) is 0 Å². The summed E-state index contributed by atoms with van der Waals surface area (Å²) in [5.74, 6) is -0.908. The molecule has 4 nitrogen and oxygen atoms in total. The van der Waals surface area contributed by atoms with Gasteiger partial charge in [-0.2, -0.15) is 0 Å². The van der Waals surface area contributed by atoms with Gasteiger partial charge in [0.1, 0.15) is 0 Å². The second-order valence-electron chi connectivity index (χ2n) is 3.08. The molecule has 0 aliphatic carbocycles. The zero-order valence-corrected chi connectivity index (χ0v) is 8.41. The second-order valence-corrected chi connectivity index (χ2v) is 3.08. The van der Waals surface area contributed by atoms with Crippen LogP contribution < -0.4 is 5.32 Å². The average Bonchev–Trinajstić information content (AvgIpc) is 2.15. The Morgan fingerprint density at radius 2 is 1.93 bits per heavy atom. The van der Waals surface area contributed by atoms with E-state index in [2.05, 4.69) is 5.32 Å². The molecule has 0 fully saturated rings. The summed E-state index contributed by atoms with van der Waals surface area (Å²) in [6, 6.07) is 0. The highest BCUT2D eigenvalue weighted by molar-refractivity contribution is 5.79. The molecule has 0 radical (unpaired) electrons. The number of carboxylic acids is 1. The number of hydrogen-bond donors (Lipinski definition) is 3. The molecule has 0 amide bonds. The molecule has 0 heterocycles. The van der Waals surface area contributed by atoms with Gasteiger partial charge in [0.15, 0.2) is 0 Å². The van der Waals surface area contributed by atoms with Crippen LogP contribution >= 0.6 is 0 Å². The number of hydrogen-bond acceptors (Lipinski definition) is 3. The highest BCUT2D eigenvalue weighted by Crippen LogP contribution is 1.97. The Hall–Kier alpha value is -0.870. The predicted octanol–water partition coefficient (Wildman–Crippen LogP) is 0.769. The van der Waals surface area contributed by atoms with Gasteiger partial charge < -0.3 is 15.5 Å². The standard InChI is InChI=1S/C10H19NO3/c12-9-4-2-1-3-7-11-8-5-6-10(13)14/h5-6,11-12H,1-4,7-9H2,(H,13,14)/b6-5+. The van der Waals surface area contributed by atoms with Gasteiger partial charge in [0.05, 0.1) is 0 Å². The van der Waals surface area contributed by atoms with E-state index in [0.717, 1.165) is 38.3 Å². The van der Waals surface area contributed by atoms with Crippen molar-refractivity contribution in [1.29, 1.82) is 0 Å². The van der Waals surface area contributed by atoms with Crippen molar-refractivity contribution in [3.05, 3.63) is 12.2 Å². The molecule has 3 N–H and O–H groups in total. The molecular weight excluding hydrogens is 182 g/mol. The van der Waals surface area contributed by atoms with Crippen LogP contribution in [0.3, 0.4) is 0 Å². The maximum Gasteiger partial charge on any atom is 0.328 e. The minimum atomic E-state index is -0.908. The third-order valence-corrected chi connectivity index (χ3v) is 1.78. The molecule has 82 valence electrons. The fourth-order valence-electron chi connectivity index (χ4n) is 1.06. The highest BCUT2D eigenvalue weighted by Gasteiger charge is 1.89. The molecular formula is C10H19NO3. The van der Waals surface area contributed by atoms with Gasteiger partial charge in [-0.25, -0.2) is 4.79 Å². The number of carboxylic acid groups (broad SMARTS) is 1. The lowest BCUT2D eigenvalue weighted by Gasteiger charge is -2.00. The van der Waals surface area contributed by atoms with Crippen molar-refractivity contribution in [2.75, 3.05) is 19.7 Å². The summed E-state index contributed by atoms with van der Waals surface area (Å²) in [4.78, 5) is 10.1. The molecule has 0 aromatic rings. The normalized spacial score (nSPS) is 10.9. The number of unbranched alkanes of at least 4 members (excludes halogenated alkanes) is 3. The summed E-state index contributed by atoms with van der Waals surface area (Å²) in [5.41, 5.74) is 0. The third kappa shape index (κ3) is 11.1. The Morgan fingerprint density at radius 1 is 1.21 bits per heavy atom. The van der Waals surface area contributed by atoms with Crippen molar-refractivity contribution in [2.45, 2.75) is 25.7 Å². The zero-order valence-electron chi connectivity index (χ0n) is 8.41. The summed E-state index contributed by atoms with van der Waals surface area (Å²) >= 11 is 0. The number of carbonyl (C=O) groups is 1. The van der Waals surface area contributed by atoms with Crippen LogP contribution in [0.15, 0.2) is 12.2 Å². The molecule has 0 aromatic carbocycles. The number of rotatable bonds is 9. The molecule has 0 spiro atoms. The molecule has 0 aliphatic heterocycles. The lowest BCUT2D eigenvalue weighted by Crippen LogP contribution is -2.15. The molecule has 0 saturated carbocycles. The zero-order chi connectivity index (χ0) is 10.6. The first-order valence-corrected chi connectivity index (χ1v) is 4.98. The Morgan fingerprint density at radius 3 is 2.57 bits per heavy atom. The van der Waals surface area contributed by atoms with Crippen LogP contribution in [0.2, 0.25) is 0 Å². The van der Waals surface area contributed by atoms with Gasteiger partial charge in [0.25, 0.3) is 0 Å². The lowest BCUT2D eigenvalue weighted by molar-refractivity contribution is -0.131. The predicted molar refractivity (Wildman–Crippen MR) is 55.2 cm³/mol. The minimum absolute atomic E-state index is 0.273. The Labute approximate surface area is 84.6 Å². The molecule has 0 aliphatic rings. The smallest absolute Gasteiger partial charge is 0.328 e. The number of aliphatic hydroxyl groups is 1. The Kier molecular flexibility index (Phi) is 9.58. The van der Waals surface area contributed by atoms with Crippen LogP contribution in [-0.2, 0) is 4.79 Å². The summed E-state index contributed by atoms with van der Waals surface area (Å²) in [7, 11) is 0. The molecule has 0 saturated heterocycles. The van der Waals surface area contributed by atoms with Crippen LogP contribution in [0.25, 0.3) is 0 Å². The van der Waals surface area contributed by atoms with E-state index in [1.54, 1.807) is 6.08 Å². The maximum atomic E-state index is 10.1. The van der Waals surface area contributed by atoms with Crippen molar-refractivity contribution < 1.29 is 15.0 Å². The molecule has 0 bridgehead atoms. The van der Waals surface area contributed by atoms with E-state index in [1.807, 2.05) is 0 Å². The van der Waals surface area contributed by atoms with Crippen molar-refractivity contribution in [1.82, 2.24) is 5.32 Å². The van der Waals surface area contributed by atoms with Gasteiger partial charge in [-0.3, -0.25) is 0 Å². The topological polar surface area (TPSA) is 69.6 Å². The van der Waals surface area contributed by atoms with Crippen molar-refractivity contribution >= 4 is 5.97 Å². The first kappa shape index (κ1) is 13.1. The SMILES string of the molecule is O=C(O)/C=C/CNCCCCCCO. The minimum Gasteiger partial charge on any atom is -0.478 e. The largest absolute Gasteiger partial charge is 0.478 e. The summed E-state index contributed by atoms with van der Waals surface area (Å²) in [6.45, 7) is 1.77. The van der Waals surface area contributed by atoms with Crippen LogP contribution in [0.1, 0.15) is 25.7 Å². The summed E-state index contributed by atoms with van der Waals surface area (Å²) < 4.78 is 0. The molecule has 14 heavy (non-hydrogen) atoms. The van der Waals surface area contributed by atoms with Gasteiger partial charge >= 0.3 is 5.97 Å². The molecule has 4 heteroatoms. The van der Waals surface area contributed by atoms with Crippen LogP contribution in [0.4, 0.5) is 0 Å². The van der Waals surface area contributed by atoms with Gasteiger partial charge in [-0.15, -0.1) is 0 Å². The van der Waals surface area contributed by atoms with Gasteiger partial charge in [0, 0.05) is 19.2 Å². The van der Waals surface area contributed by atoms with Crippen molar-refractivity contribution in [2.24, 2.45) is 0 Å². The second kappa shape index (κ2) is 10.2. The van der Waals surface area contributed by atoms with Crippen LogP contribution in [-0.4, -0.2) is 35.9 Å². The van der Waals surface area contributed by atoms with E-state index >= 15 is 0 Å². The summed E-state index contributed by atoms with van der Waals surface area (Å²) in [6.07, 6.45) is 6.84. The maximum absolute atomic E-state index is 10.1. The summed E-state index contributed by atoms with van der Waals surface area (Å²) in [5, 5.41) is 19.9. The van der Waals surface area contributed by atoms with Crippen LogP contribution in [0, 0.1) is 0 Å². The quantitative estimate of drug-likeness (QED) is 0.380. The van der Waals surface area contributed by atoms with E-state index in [4.69, 9.17) is 10.2 Å². The number of nitrogens with one attached hydrogen (secondary N) is 1. The van der Waals surface area contributed by atoms with E-state index in [0.29, 0.717) is 6.54 Å². The molecule has 0 unspecified atom stereocenters. The number of aliphatic carboxylic acids is 1. The lowest BCUT2D eigenvalue weighted by atomic mass is 10.2. The van der Waals surface area contributed by atoms with E-state index in [9.17, 15) is 4.79 Å². The molecule has 0 aromatic heterocycles. The molecule has 0 rings (SSSR count). The fraction of sp³-hybridized carbons (Fsp3) is 0.700. The van der Waals surface area contributed by atoms with Gasteiger partial charge in [0.2, 0.25) is 0 Å². The fourth-order valence-corrected chi connectivity index (χ4v) is 1.06. The highest BCUT2D eigenvalue weighted by atomic mass is 16.4. The van der Waals surface area contributed by atoms with Crippen molar-refractivity contribution in [3.8, 4) is 0 Å². The van der Waals surface area contributed by atoms with E-state index in [1.165, 1.54) is 0 Å². The third-order valence-electron chi connectivity index (χ3n) is 1.78.